The first-order valence-corrected chi connectivity index (χ1v) is 21.7. The molecule has 0 N–H and O–H groups in total. The minimum atomic E-state index is 1.15. The van der Waals surface area contributed by atoms with E-state index in [0.29, 0.717) is 0 Å². The van der Waals surface area contributed by atoms with Gasteiger partial charge in [-0.2, -0.15) is 0 Å². The fourth-order valence-electron chi connectivity index (χ4n) is 10.1. The van der Waals surface area contributed by atoms with E-state index < -0.39 is 0 Å². The molecule has 0 aliphatic rings. The molecule has 0 bridgehead atoms. The van der Waals surface area contributed by atoms with Crippen LogP contribution in [0.3, 0.4) is 0 Å². The van der Waals surface area contributed by atoms with Crippen molar-refractivity contribution >= 4 is 65.4 Å². The van der Waals surface area contributed by atoms with Gasteiger partial charge in [-0.3, -0.25) is 0 Å². The number of para-hydroxylation sites is 4. The Balaban J connectivity index is 0.927. The lowest BCUT2D eigenvalue weighted by Gasteiger charge is -2.12. The van der Waals surface area contributed by atoms with Crippen molar-refractivity contribution in [3.63, 3.8) is 0 Å². The Kier molecular flexibility index (Phi) is 7.91. The molecule has 13 rings (SSSR count). The second kappa shape index (κ2) is 14.1. The number of nitrogens with zero attached hydrogens (tertiary/aromatic N) is 3. The number of fused-ring (bicyclic) bond motifs is 9. The fourth-order valence-corrected chi connectivity index (χ4v) is 10.1. The predicted octanol–water partition coefficient (Wildman–Crippen LogP) is 16.0. The Morgan fingerprint density at radius 3 is 1.10 bits per heavy atom. The summed E-state index contributed by atoms with van der Waals surface area (Å²) in [4.78, 5) is 0. The van der Waals surface area contributed by atoms with E-state index in [9.17, 15) is 0 Å². The van der Waals surface area contributed by atoms with Crippen LogP contribution in [-0.4, -0.2) is 13.7 Å². The molecule has 13 aromatic rings. The molecule has 3 aromatic heterocycles. The summed E-state index contributed by atoms with van der Waals surface area (Å²) in [7, 11) is 0. The van der Waals surface area contributed by atoms with Crippen LogP contribution in [0.4, 0.5) is 0 Å². The second-order valence-electron chi connectivity index (χ2n) is 16.6. The highest BCUT2D eigenvalue weighted by Gasteiger charge is 2.18. The van der Waals surface area contributed by atoms with Crippen molar-refractivity contribution in [3.8, 4) is 50.4 Å². The molecule has 0 fully saturated rings. The largest absolute Gasteiger partial charge is 0.309 e. The third-order valence-electron chi connectivity index (χ3n) is 13.0. The molecule has 0 atom stereocenters. The van der Waals surface area contributed by atoms with E-state index in [0.717, 1.165) is 11.4 Å². The van der Waals surface area contributed by atoms with Gasteiger partial charge in [-0.15, -0.1) is 0 Å². The van der Waals surface area contributed by atoms with E-state index in [-0.39, 0.29) is 0 Å². The third-order valence-corrected chi connectivity index (χ3v) is 13.0. The minimum Gasteiger partial charge on any atom is -0.309 e. The first-order chi connectivity index (χ1) is 31.2. The lowest BCUT2D eigenvalue weighted by molar-refractivity contribution is 1.17. The molecule has 63 heavy (non-hydrogen) atoms. The molecule has 0 unspecified atom stereocenters. The molecule has 0 saturated heterocycles. The predicted molar refractivity (Wildman–Crippen MR) is 266 cm³/mol. The maximum Gasteiger partial charge on any atom is 0.0542 e. The highest BCUT2D eigenvalue weighted by Crippen LogP contribution is 2.40. The Morgan fingerprint density at radius 2 is 0.524 bits per heavy atom. The van der Waals surface area contributed by atoms with Gasteiger partial charge in [0.25, 0.3) is 0 Å². The standard InChI is InChI=1S/C60H39N3/c1-3-15-40(16-4-1)41-17-13-18-42(35-41)43-19-14-22-47(36-43)62-56-27-11-7-23-49(56)52-37-44(29-32-58(52)62)45-30-33-59-53(38-45)50-24-8-12-28-57(50)63(59)48-31-34-60-54(39-48)51-25-9-10-26-55(51)61(60)46-20-5-2-6-21-46/h1-39H. The first-order valence-electron chi connectivity index (χ1n) is 21.7. The normalized spacial score (nSPS) is 11.8. The van der Waals surface area contributed by atoms with Crippen molar-refractivity contribution in [1.82, 2.24) is 13.7 Å². The van der Waals surface area contributed by atoms with E-state index in [1.807, 2.05) is 0 Å². The van der Waals surface area contributed by atoms with Crippen molar-refractivity contribution < 1.29 is 0 Å². The SMILES string of the molecule is c1ccc(-c2cccc(-c3cccc(-n4c5ccccc5c5cc(-c6ccc7c(c6)c6ccccc6n7-c6ccc7c(c6)c6ccccc6n7-c6ccccc6)ccc54)c3)c2)cc1. The van der Waals surface area contributed by atoms with E-state index in [4.69, 9.17) is 0 Å². The van der Waals surface area contributed by atoms with Crippen LogP contribution in [0.5, 0.6) is 0 Å². The van der Waals surface area contributed by atoms with Crippen LogP contribution in [0.2, 0.25) is 0 Å². The number of benzene rings is 10. The average Bonchev–Trinajstić information content (AvgIpc) is 3.99. The zero-order chi connectivity index (χ0) is 41.4. The van der Waals surface area contributed by atoms with Crippen LogP contribution < -0.4 is 0 Å². The summed E-state index contributed by atoms with van der Waals surface area (Å²) < 4.78 is 7.24. The fraction of sp³-hybridized carbons (Fsp3) is 0. The van der Waals surface area contributed by atoms with Crippen LogP contribution in [0.1, 0.15) is 0 Å². The summed E-state index contributed by atoms with van der Waals surface area (Å²) in [6.45, 7) is 0. The van der Waals surface area contributed by atoms with Crippen molar-refractivity contribution in [2.45, 2.75) is 0 Å². The van der Waals surface area contributed by atoms with Crippen molar-refractivity contribution in [3.05, 3.63) is 237 Å². The topological polar surface area (TPSA) is 14.8 Å². The van der Waals surface area contributed by atoms with E-state index in [1.54, 1.807) is 0 Å². The van der Waals surface area contributed by atoms with Crippen LogP contribution in [0.15, 0.2) is 237 Å². The zero-order valence-corrected chi connectivity index (χ0v) is 34.4. The van der Waals surface area contributed by atoms with Crippen LogP contribution in [0.25, 0.3) is 116 Å². The molecule has 0 spiro atoms. The molecule has 3 heteroatoms. The van der Waals surface area contributed by atoms with E-state index in [1.165, 1.54) is 104 Å². The molecule has 294 valence electrons. The molecule has 3 heterocycles. The highest BCUT2D eigenvalue weighted by atomic mass is 15.0. The molecule has 0 aliphatic heterocycles. The average molecular weight is 802 g/mol. The lowest BCUT2D eigenvalue weighted by Crippen LogP contribution is -1.95. The zero-order valence-electron chi connectivity index (χ0n) is 34.4. The smallest absolute Gasteiger partial charge is 0.0542 e. The Labute approximate surface area is 364 Å². The maximum atomic E-state index is 2.44. The molecule has 10 aromatic carbocycles. The Hall–Kier alpha value is -8.40. The number of aromatic nitrogens is 3. The van der Waals surface area contributed by atoms with E-state index >= 15 is 0 Å². The Morgan fingerprint density at radius 1 is 0.175 bits per heavy atom. The van der Waals surface area contributed by atoms with Crippen LogP contribution >= 0.6 is 0 Å². The molecule has 3 nitrogen and oxygen atoms in total. The summed E-state index contributed by atoms with van der Waals surface area (Å²) in [6, 6.07) is 86.4. The van der Waals surface area contributed by atoms with Gasteiger partial charge < -0.3 is 13.7 Å². The van der Waals surface area contributed by atoms with Gasteiger partial charge in [0.1, 0.15) is 0 Å². The van der Waals surface area contributed by atoms with Gasteiger partial charge >= 0.3 is 0 Å². The third kappa shape index (κ3) is 5.60. The van der Waals surface area contributed by atoms with Gasteiger partial charge in [0, 0.05) is 49.4 Å². The number of rotatable bonds is 6. The first kappa shape index (κ1) is 35.4. The molecule has 0 amide bonds. The van der Waals surface area contributed by atoms with Crippen molar-refractivity contribution in [1.29, 1.82) is 0 Å². The van der Waals surface area contributed by atoms with Crippen LogP contribution in [-0.2, 0) is 0 Å². The number of hydrogen-bond donors (Lipinski definition) is 0. The number of hydrogen-bond acceptors (Lipinski definition) is 0. The van der Waals surface area contributed by atoms with Crippen molar-refractivity contribution in [2.75, 3.05) is 0 Å². The summed E-state index contributed by atoms with van der Waals surface area (Å²) in [5.74, 6) is 0. The van der Waals surface area contributed by atoms with Gasteiger partial charge in [0.15, 0.2) is 0 Å². The minimum absolute atomic E-state index is 1.15. The van der Waals surface area contributed by atoms with Gasteiger partial charge in [-0.1, -0.05) is 146 Å². The van der Waals surface area contributed by atoms with Gasteiger partial charge in [-0.25, -0.2) is 0 Å². The van der Waals surface area contributed by atoms with Crippen LogP contribution in [0, 0.1) is 0 Å². The molecule has 0 radical (unpaired) electrons. The lowest BCUT2D eigenvalue weighted by atomic mass is 9.99. The van der Waals surface area contributed by atoms with E-state index in [2.05, 4.69) is 250 Å². The Bertz CT molecular complexity index is 3900. The summed E-state index contributed by atoms with van der Waals surface area (Å²) in [5, 5.41) is 7.46. The quantitative estimate of drug-likeness (QED) is 0.159. The highest BCUT2D eigenvalue weighted by molar-refractivity contribution is 6.14. The van der Waals surface area contributed by atoms with Gasteiger partial charge in [-0.05, 0) is 124 Å². The second-order valence-corrected chi connectivity index (χ2v) is 16.6. The molecule has 0 aliphatic carbocycles. The molecular formula is C60H39N3. The monoisotopic (exact) mass is 801 g/mol. The van der Waals surface area contributed by atoms with Gasteiger partial charge in [0.2, 0.25) is 0 Å². The maximum absolute atomic E-state index is 2.44. The van der Waals surface area contributed by atoms with Gasteiger partial charge in [0.05, 0.1) is 33.1 Å². The molecular weight excluding hydrogens is 763 g/mol. The molecule has 0 saturated carbocycles. The summed E-state index contributed by atoms with van der Waals surface area (Å²) >= 11 is 0. The van der Waals surface area contributed by atoms with Crippen molar-refractivity contribution in [2.24, 2.45) is 0 Å². The summed E-state index contributed by atoms with van der Waals surface area (Å²) in [5.41, 5.74) is 17.9. The summed E-state index contributed by atoms with van der Waals surface area (Å²) in [6.07, 6.45) is 0.